The highest BCUT2D eigenvalue weighted by Crippen LogP contribution is 2.17. The second-order valence-corrected chi connectivity index (χ2v) is 5.05. The summed E-state index contributed by atoms with van der Waals surface area (Å²) in [6.45, 7) is 0.00897. The van der Waals surface area contributed by atoms with Gasteiger partial charge in [0.15, 0.2) is 5.43 Å². The first-order valence-corrected chi connectivity index (χ1v) is 6.96. The van der Waals surface area contributed by atoms with Crippen LogP contribution in [-0.4, -0.2) is 5.97 Å². The smallest absolute Gasteiger partial charge is 0.374 e. The van der Waals surface area contributed by atoms with E-state index in [-0.39, 0.29) is 17.8 Å². The molecule has 0 radical (unpaired) electrons. The average Bonchev–Trinajstić information content (AvgIpc) is 2.54. The van der Waals surface area contributed by atoms with E-state index >= 15 is 0 Å². The molecule has 22 heavy (non-hydrogen) atoms. The highest BCUT2D eigenvalue weighted by molar-refractivity contribution is 6.31. The Morgan fingerprint density at radius 3 is 2.64 bits per heavy atom. The summed E-state index contributed by atoms with van der Waals surface area (Å²) in [5.74, 6) is -0.835. The van der Waals surface area contributed by atoms with Crippen molar-refractivity contribution in [2.45, 2.75) is 6.61 Å². The van der Waals surface area contributed by atoms with Crippen LogP contribution in [0.5, 0.6) is 0 Å². The summed E-state index contributed by atoms with van der Waals surface area (Å²) < 4.78 is 10.6. The summed E-state index contributed by atoms with van der Waals surface area (Å²) in [6.07, 6.45) is 0. The fraction of sp³-hybridized carbons (Fsp3) is 0.0588. The maximum atomic E-state index is 12.0. The normalized spacial score (nSPS) is 10.6. The van der Waals surface area contributed by atoms with Crippen molar-refractivity contribution in [2.24, 2.45) is 0 Å². The predicted molar refractivity (Wildman–Crippen MR) is 83.1 cm³/mol. The van der Waals surface area contributed by atoms with Crippen molar-refractivity contribution in [3.63, 3.8) is 0 Å². The number of carbonyl (C=O) groups is 1. The van der Waals surface area contributed by atoms with E-state index in [1.807, 2.05) is 0 Å². The minimum atomic E-state index is -0.706. The van der Waals surface area contributed by atoms with Crippen molar-refractivity contribution in [3.8, 4) is 0 Å². The lowest BCUT2D eigenvalue weighted by atomic mass is 10.2. The van der Waals surface area contributed by atoms with Crippen molar-refractivity contribution in [2.75, 3.05) is 0 Å². The summed E-state index contributed by atoms with van der Waals surface area (Å²) in [7, 11) is 0. The molecule has 110 valence electrons. The molecule has 3 aromatic rings. The first-order chi connectivity index (χ1) is 10.6. The molecular formula is C17H11ClO4. The third kappa shape index (κ3) is 2.87. The molecule has 0 amide bonds. The highest BCUT2D eigenvalue weighted by atomic mass is 35.5. The maximum Gasteiger partial charge on any atom is 0.374 e. The van der Waals surface area contributed by atoms with Crippen LogP contribution in [0.3, 0.4) is 0 Å². The van der Waals surface area contributed by atoms with Gasteiger partial charge in [-0.05, 0) is 18.2 Å². The zero-order valence-corrected chi connectivity index (χ0v) is 12.2. The monoisotopic (exact) mass is 314 g/mol. The van der Waals surface area contributed by atoms with E-state index in [1.54, 1.807) is 48.5 Å². The second kappa shape index (κ2) is 6.03. The number of benzene rings is 2. The van der Waals surface area contributed by atoms with Crippen molar-refractivity contribution in [1.82, 2.24) is 0 Å². The Labute approximate surface area is 130 Å². The number of halogens is 1. The summed E-state index contributed by atoms with van der Waals surface area (Å²) >= 11 is 5.99. The van der Waals surface area contributed by atoms with Crippen LogP contribution in [0, 0.1) is 0 Å². The van der Waals surface area contributed by atoms with Gasteiger partial charge in [0.2, 0.25) is 5.76 Å². The SMILES string of the molecule is O=C(OCc1ccccc1Cl)c1cc(=O)c2ccccc2o1. The number of ether oxygens (including phenoxy) is 1. The number of esters is 1. The summed E-state index contributed by atoms with van der Waals surface area (Å²) in [6, 6.07) is 14.9. The van der Waals surface area contributed by atoms with E-state index in [4.69, 9.17) is 20.8 Å². The lowest BCUT2D eigenvalue weighted by Crippen LogP contribution is -2.10. The van der Waals surface area contributed by atoms with E-state index in [9.17, 15) is 9.59 Å². The molecule has 0 aliphatic rings. The Morgan fingerprint density at radius 2 is 1.82 bits per heavy atom. The van der Waals surface area contributed by atoms with Gasteiger partial charge >= 0.3 is 5.97 Å². The van der Waals surface area contributed by atoms with Gasteiger partial charge in [-0.15, -0.1) is 0 Å². The Bertz CT molecular complexity index is 898. The Morgan fingerprint density at radius 1 is 1.09 bits per heavy atom. The molecule has 0 unspecified atom stereocenters. The lowest BCUT2D eigenvalue weighted by molar-refractivity contribution is 0.0437. The maximum absolute atomic E-state index is 12.0. The Kier molecular flexibility index (Phi) is 3.94. The van der Waals surface area contributed by atoms with Gasteiger partial charge in [0.25, 0.3) is 0 Å². The minimum absolute atomic E-state index is 0.00897. The minimum Gasteiger partial charge on any atom is -0.455 e. The van der Waals surface area contributed by atoms with Crippen LogP contribution in [0.15, 0.2) is 63.8 Å². The van der Waals surface area contributed by atoms with E-state index in [0.717, 1.165) is 6.07 Å². The summed E-state index contributed by atoms with van der Waals surface area (Å²) in [5.41, 5.74) is 0.742. The van der Waals surface area contributed by atoms with Gasteiger partial charge in [0.1, 0.15) is 12.2 Å². The highest BCUT2D eigenvalue weighted by Gasteiger charge is 2.14. The average molecular weight is 315 g/mol. The van der Waals surface area contributed by atoms with Gasteiger partial charge in [0.05, 0.1) is 5.39 Å². The molecule has 0 N–H and O–H groups in total. The van der Waals surface area contributed by atoms with Crippen LogP contribution in [0.25, 0.3) is 11.0 Å². The first kappa shape index (κ1) is 14.4. The number of rotatable bonds is 3. The molecule has 0 aliphatic heterocycles. The zero-order chi connectivity index (χ0) is 15.5. The predicted octanol–water partition coefficient (Wildman–Crippen LogP) is 3.80. The number of hydrogen-bond acceptors (Lipinski definition) is 4. The summed E-state index contributed by atoms with van der Waals surface area (Å²) in [4.78, 5) is 24.0. The largest absolute Gasteiger partial charge is 0.455 e. The quantitative estimate of drug-likeness (QED) is 0.690. The Balaban J connectivity index is 1.84. The number of carbonyl (C=O) groups excluding carboxylic acids is 1. The van der Waals surface area contributed by atoms with Gasteiger partial charge < -0.3 is 9.15 Å². The molecule has 4 nitrogen and oxygen atoms in total. The van der Waals surface area contributed by atoms with Gasteiger partial charge in [-0.25, -0.2) is 4.79 Å². The molecule has 0 saturated heterocycles. The van der Waals surface area contributed by atoms with Crippen LogP contribution >= 0.6 is 11.6 Å². The van der Waals surface area contributed by atoms with Crippen LogP contribution < -0.4 is 5.43 Å². The molecule has 0 spiro atoms. The third-order valence-electron chi connectivity index (χ3n) is 3.15. The second-order valence-electron chi connectivity index (χ2n) is 4.64. The molecule has 1 aromatic heterocycles. The molecule has 0 bridgehead atoms. The van der Waals surface area contributed by atoms with E-state index in [2.05, 4.69) is 0 Å². The molecule has 2 aromatic carbocycles. The fourth-order valence-corrected chi connectivity index (χ4v) is 2.22. The van der Waals surface area contributed by atoms with Crippen LogP contribution in [-0.2, 0) is 11.3 Å². The summed E-state index contributed by atoms with van der Waals surface area (Å²) in [5, 5.41) is 0.931. The van der Waals surface area contributed by atoms with Crippen LogP contribution in [0.4, 0.5) is 0 Å². The molecular weight excluding hydrogens is 304 g/mol. The molecule has 1 heterocycles. The fourth-order valence-electron chi connectivity index (χ4n) is 2.03. The van der Waals surface area contributed by atoms with Crippen molar-refractivity contribution >= 4 is 28.5 Å². The number of fused-ring (bicyclic) bond motifs is 1. The van der Waals surface area contributed by atoms with Crippen molar-refractivity contribution in [1.29, 1.82) is 0 Å². The van der Waals surface area contributed by atoms with Crippen LogP contribution in [0.1, 0.15) is 16.1 Å². The van der Waals surface area contributed by atoms with Crippen LogP contribution in [0.2, 0.25) is 5.02 Å². The topological polar surface area (TPSA) is 56.5 Å². The third-order valence-corrected chi connectivity index (χ3v) is 3.52. The van der Waals surface area contributed by atoms with E-state index in [1.165, 1.54) is 0 Å². The van der Waals surface area contributed by atoms with E-state index in [0.29, 0.717) is 21.6 Å². The molecule has 0 aliphatic carbocycles. The first-order valence-electron chi connectivity index (χ1n) is 6.58. The molecule has 0 fully saturated rings. The van der Waals surface area contributed by atoms with Gasteiger partial charge in [-0.1, -0.05) is 41.9 Å². The standard InChI is InChI=1S/C17H11ClO4/c18-13-7-3-1-5-11(13)10-21-17(20)16-9-14(19)12-6-2-4-8-15(12)22-16/h1-9H,10H2. The van der Waals surface area contributed by atoms with Crippen molar-refractivity contribution in [3.05, 3.63) is 81.2 Å². The lowest BCUT2D eigenvalue weighted by Gasteiger charge is -2.06. The molecule has 0 atom stereocenters. The number of para-hydroxylation sites is 1. The molecule has 5 heteroatoms. The van der Waals surface area contributed by atoms with Gasteiger partial charge in [-0.3, -0.25) is 4.79 Å². The van der Waals surface area contributed by atoms with Crippen molar-refractivity contribution < 1.29 is 13.9 Å². The van der Waals surface area contributed by atoms with E-state index < -0.39 is 5.97 Å². The van der Waals surface area contributed by atoms with Gasteiger partial charge in [0, 0.05) is 16.7 Å². The number of hydrogen-bond donors (Lipinski definition) is 0. The van der Waals surface area contributed by atoms with Gasteiger partial charge in [-0.2, -0.15) is 0 Å². The zero-order valence-electron chi connectivity index (χ0n) is 11.4. The Hall–Kier alpha value is -2.59. The molecule has 3 rings (SSSR count). The molecule has 0 saturated carbocycles.